The number of carbonyl (C=O) groups excluding carboxylic acids is 2. The van der Waals surface area contributed by atoms with Crippen molar-refractivity contribution in [3.05, 3.63) is 93.7 Å². The van der Waals surface area contributed by atoms with Crippen molar-refractivity contribution in [1.29, 1.82) is 0 Å². The van der Waals surface area contributed by atoms with Crippen molar-refractivity contribution >= 4 is 50.7 Å². The molecule has 3 aromatic carbocycles. The lowest BCUT2D eigenvalue weighted by atomic mass is 10.2. The van der Waals surface area contributed by atoms with Crippen molar-refractivity contribution < 1.29 is 22.4 Å². The normalized spacial score (nSPS) is 10.9. The molecule has 0 atom stereocenters. The number of rotatable bonds is 5. The Balaban J connectivity index is 1.77. The fourth-order valence-electron chi connectivity index (χ4n) is 2.47. The van der Waals surface area contributed by atoms with E-state index in [0.717, 1.165) is 18.2 Å². The topological polar surface area (TPSA) is 104 Å². The largest absolute Gasteiger partial charge is 0.280 e. The molecule has 0 bridgehead atoms. The monoisotopic (exact) mass is 481 g/mol. The molecule has 3 N–H and O–H groups in total. The molecule has 31 heavy (non-hydrogen) atoms. The van der Waals surface area contributed by atoms with Crippen LogP contribution in [-0.2, 0) is 10.0 Å². The standard InChI is InChI=1S/C20H14Cl2FN3O4S/c21-17-4-2-1-3-15(17)19(27)24-25-20(28)16-11-14(9-10-18(16)22)31(29,30)26-13-7-5-12(23)6-8-13/h1-11,26H,(H,24,27)(H,25,28). The van der Waals surface area contributed by atoms with E-state index in [9.17, 15) is 22.4 Å². The third-order valence-electron chi connectivity index (χ3n) is 4.00. The van der Waals surface area contributed by atoms with E-state index in [1.807, 2.05) is 0 Å². The minimum absolute atomic E-state index is 0.0368. The molecule has 0 aliphatic heterocycles. The summed E-state index contributed by atoms with van der Waals surface area (Å²) >= 11 is 12.0. The van der Waals surface area contributed by atoms with Gasteiger partial charge < -0.3 is 0 Å². The van der Waals surface area contributed by atoms with Gasteiger partial charge in [-0.15, -0.1) is 0 Å². The zero-order valence-corrected chi connectivity index (χ0v) is 17.9. The third kappa shape index (κ3) is 5.52. The lowest BCUT2D eigenvalue weighted by molar-refractivity contribution is 0.0846. The van der Waals surface area contributed by atoms with Crippen LogP contribution in [0.3, 0.4) is 0 Å². The number of carbonyl (C=O) groups is 2. The first kappa shape index (κ1) is 22.5. The summed E-state index contributed by atoms with van der Waals surface area (Å²) < 4.78 is 40.5. The average Bonchev–Trinajstić information content (AvgIpc) is 2.73. The van der Waals surface area contributed by atoms with Crippen LogP contribution in [0.25, 0.3) is 0 Å². The summed E-state index contributed by atoms with van der Waals surface area (Å²) in [6.45, 7) is 0. The van der Waals surface area contributed by atoms with E-state index in [0.29, 0.717) is 0 Å². The molecule has 0 unspecified atom stereocenters. The first-order chi connectivity index (χ1) is 14.7. The molecule has 0 spiro atoms. The first-order valence-electron chi connectivity index (χ1n) is 8.60. The first-order valence-corrected chi connectivity index (χ1v) is 10.8. The highest BCUT2D eigenvalue weighted by atomic mass is 35.5. The zero-order chi connectivity index (χ0) is 22.6. The van der Waals surface area contributed by atoms with Crippen molar-refractivity contribution in [2.75, 3.05) is 4.72 Å². The van der Waals surface area contributed by atoms with Gasteiger partial charge >= 0.3 is 0 Å². The van der Waals surface area contributed by atoms with E-state index in [4.69, 9.17) is 23.2 Å². The molecule has 0 saturated carbocycles. The molecular formula is C20H14Cl2FN3O4S. The van der Waals surface area contributed by atoms with Gasteiger partial charge in [0.1, 0.15) is 5.82 Å². The molecule has 3 aromatic rings. The fraction of sp³-hybridized carbons (Fsp3) is 0. The van der Waals surface area contributed by atoms with Gasteiger partial charge in [0.2, 0.25) is 0 Å². The Hall–Kier alpha value is -3.14. The van der Waals surface area contributed by atoms with Crippen molar-refractivity contribution in [1.82, 2.24) is 10.9 Å². The molecule has 0 aliphatic carbocycles. The van der Waals surface area contributed by atoms with Crippen LogP contribution in [0.5, 0.6) is 0 Å². The van der Waals surface area contributed by atoms with Gasteiger partial charge in [0.25, 0.3) is 21.8 Å². The lowest BCUT2D eigenvalue weighted by Gasteiger charge is -2.12. The Labute approximate surface area is 187 Å². The van der Waals surface area contributed by atoms with Crippen LogP contribution in [0.2, 0.25) is 10.0 Å². The summed E-state index contributed by atoms with van der Waals surface area (Å²) in [5.74, 6) is -2.03. The number of hydrogen-bond donors (Lipinski definition) is 3. The predicted molar refractivity (Wildman–Crippen MR) is 115 cm³/mol. The highest BCUT2D eigenvalue weighted by molar-refractivity contribution is 7.92. The van der Waals surface area contributed by atoms with E-state index in [-0.39, 0.29) is 31.8 Å². The highest BCUT2D eigenvalue weighted by Crippen LogP contribution is 2.23. The quantitative estimate of drug-likeness (QED) is 0.478. The molecular weight excluding hydrogens is 468 g/mol. The van der Waals surface area contributed by atoms with Crippen LogP contribution in [0.1, 0.15) is 20.7 Å². The molecule has 0 aliphatic rings. The number of halogens is 3. The van der Waals surface area contributed by atoms with E-state index in [1.54, 1.807) is 12.1 Å². The van der Waals surface area contributed by atoms with E-state index >= 15 is 0 Å². The van der Waals surface area contributed by atoms with Crippen LogP contribution >= 0.6 is 23.2 Å². The van der Waals surface area contributed by atoms with Crippen LogP contribution < -0.4 is 15.6 Å². The minimum Gasteiger partial charge on any atom is -0.280 e. The minimum atomic E-state index is -4.09. The van der Waals surface area contributed by atoms with Gasteiger partial charge in [0, 0.05) is 5.69 Å². The molecule has 0 aromatic heterocycles. The number of benzene rings is 3. The number of sulfonamides is 1. The SMILES string of the molecule is O=C(NNC(=O)c1cc(S(=O)(=O)Nc2ccc(F)cc2)ccc1Cl)c1ccccc1Cl. The van der Waals surface area contributed by atoms with Gasteiger partial charge in [-0.1, -0.05) is 35.3 Å². The second kappa shape index (κ2) is 9.34. The van der Waals surface area contributed by atoms with Crippen LogP contribution in [0.15, 0.2) is 71.6 Å². The van der Waals surface area contributed by atoms with E-state index in [2.05, 4.69) is 15.6 Å². The number of nitrogens with one attached hydrogen (secondary N) is 3. The Kier molecular flexibility index (Phi) is 6.79. The van der Waals surface area contributed by atoms with E-state index in [1.165, 1.54) is 36.4 Å². The maximum Gasteiger partial charge on any atom is 0.271 e. The van der Waals surface area contributed by atoms with Crippen LogP contribution in [0, 0.1) is 5.82 Å². The molecule has 2 amide bonds. The van der Waals surface area contributed by atoms with E-state index < -0.39 is 27.7 Å². The Morgan fingerprint density at radius 3 is 2.00 bits per heavy atom. The Morgan fingerprint density at radius 1 is 0.774 bits per heavy atom. The third-order valence-corrected chi connectivity index (χ3v) is 6.04. The molecule has 7 nitrogen and oxygen atoms in total. The van der Waals surface area contributed by atoms with Crippen molar-refractivity contribution in [2.45, 2.75) is 4.90 Å². The molecule has 160 valence electrons. The summed E-state index contributed by atoms with van der Waals surface area (Å²) in [7, 11) is -4.09. The number of hydrazine groups is 1. The second-order valence-corrected chi connectivity index (χ2v) is 8.64. The second-order valence-electron chi connectivity index (χ2n) is 6.14. The summed E-state index contributed by atoms with van der Waals surface area (Å²) in [5, 5.41) is 0.150. The molecule has 3 rings (SSSR count). The van der Waals surface area contributed by atoms with Crippen LogP contribution in [-0.4, -0.2) is 20.2 Å². The highest BCUT2D eigenvalue weighted by Gasteiger charge is 2.20. The number of anilines is 1. The molecule has 11 heteroatoms. The van der Waals surface area contributed by atoms with Crippen LogP contribution in [0.4, 0.5) is 10.1 Å². The predicted octanol–water partition coefficient (Wildman–Crippen LogP) is 4.01. The Bertz CT molecular complexity index is 1250. The lowest BCUT2D eigenvalue weighted by Crippen LogP contribution is -2.41. The molecule has 0 radical (unpaired) electrons. The number of amides is 2. The van der Waals surface area contributed by atoms with Gasteiger partial charge in [0.05, 0.1) is 26.1 Å². The summed E-state index contributed by atoms with van der Waals surface area (Å²) in [4.78, 5) is 24.4. The Morgan fingerprint density at radius 2 is 1.35 bits per heavy atom. The fourth-order valence-corrected chi connectivity index (χ4v) is 3.98. The molecule has 0 heterocycles. The molecule has 0 saturated heterocycles. The maximum atomic E-state index is 13.0. The summed E-state index contributed by atoms with van der Waals surface area (Å²) in [6.07, 6.45) is 0. The van der Waals surface area contributed by atoms with Gasteiger partial charge in [-0.3, -0.25) is 25.2 Å². The van der Waals surface area contributed by atoms with Gasteiger partial charge in [-0.2, -0.15) is 0 Å². The van der Waals surface area contributed by atoms with Gasteiger partial charge in [0.15, 0.2) is 0 Å². The summed E-state index contributed by atoms with van der Waals surface area (Å²) in [5.41, 5.74) is 4.42. The maximum absolute atomic E-state index is 13.0. The smallest absolute Gasteiger partial charge is 0.271 e. The van der Waals surface area contributed by atoms with Crippen molar-refractivity contribution in [3.63, 3.8) is 0 Å². The van der Waals surface area contributed by atoms with Gasteiger partial charge in [-0.25, -0.2) is 12.8 Å². The van der Waals surface area contributed by atoms with Crippen molar-refractivity contribution in [3.8, 4) is 0 Å². The average molecular weight is 482 g/mol. The van der Waals surface area contributed by atoms with Crippen molar-refractivity contribution in [2.24, 2.45) is 0 Å². The summed E-state index contributed by atoms with van der Waals surface area (Å²) in [6, 6.07) is 14.4. The molecule has 0 fully saturated rings. The number of hydrogen-bond acceptors (Lipinski definition) is 4. The van der Waals surface area contributed by atoms with Gasteiger partial charge in [-0.05, 0) is 54.6 Å². The zero-order valence-electron chi connectivity index (χ0n) is 15.5.